The third kappa shape index (κ3) is 4.38. The molecule has 48 heavy (non-hydrogen) atoms. The predicted molar refractivity (Wildman–Crippen MR) is 200 cm³/mol. The van der Waals surface area contributed by atoms with Gasteiger partial charge in [0, 0.05) is 26.4 Å². The highest BCUT2D eigenvalue weighted by molar-refractivity contribution is 7.17. The van der Waals surface area contributed by atoms with Crippen LogP contribution in [0.1, 0.15) is 17.3 Å². The Balaban J connectivity index is 1.23. The van der Waals surface area contributed by atoms with E-state index in [0.29, 0.717) is 0 Å². The molecule has 1 N–H and O–H groups in total. The Kier molecular flexibility index (Phi) is 6.11. The third-order valence-electron chi connectivity index (χ3n) is 9.48. The van der Waals surface area contributed by atoms with Crippen LogP contribution >= 0.6 is 11.3 Å². The first kappa shape index (κ1) is 27.2. The summed E-state index contributed by atoms with van der Waals surface area (Å²) < 4.78 is 8.95. The molecule has 7 aromatic carbocycles. The highest BCUT2D eigenvalue weighted by Gasteiger charge is 2.25. The van der Waals surface area contributed by atoms with Crippen LogP contribution in [0.3, 0.4) is 0 Å². The van der Waals surface area contributed by atoms with Crippen molar-refractivity contribution in [1.82, 2.24) is 5.32 Å². The van der Waals surface area contributed by atoms with Crippen molar-refractivity contribution in [3.8, 4) is 22.3 Å². The van der Waals surface area contributed by atoms with Gasteiger partial charge in [0.1, 0.15) is 17.3 Å². The maximum Gasteiger partial charge on any atom is 0.146 e. The maximum atomic E-state index is 6.56. The lowest BCUT2D eigenvalue weighted by Crippen LogP contribution is -2.37. The van der Waals surface area contributed by atoms with E-state index in [-0.39, 0.29) is 6.17 Å². The fourth-order valence-corrected chi connectivity index (χ4v) is 8.36. The Bertz CT molecular complexity index is 2830. The fraction of sp³-hybridized carbons (Fsp3) is 0.0227. The number of hydrogen-bond acceptors (Lipinski definition) is 4. The molecule has 4 heteroatoms. The molecule has 0 saturated carbocycles. The summed E-state index contributed by atoms with van der Waals surface area (Å²) in [4.78, 5) is 5.52. The topological polar surface area (TPSA) is 37.5 Å². The lowest BCUT2D eigenvalue weighted by atomic mass is 9.95. The average Bonchev–Trinajstić information content (AvgIpc) is 3.73. The summed E-state index contributed by atoms with van der Waals surface area (Å²) in [6.45, 7) is 0. The van der Waals surface area contributed by atoms with E-state index in [1.54, 1.807) is 11.3 Å². The van der Waals surface area contributed by atoms with Crippen molar-refractivity contribution in [3.63, 3.8) is 0 Å². The lowest BCUT2D eigenvalue weighted by Gasteiger charge is -2.23. The summed E-state index contributed by atoms with van der Waals surface area (Å²) >= 11 is 1.80. The quantitative estimate of drug-likeness (QED) is 0.210. The normalized spacial score (nSPS) is 14.3. The predicted octanol–water partition coefficient (Wildman–Crippen LogP) is 10.4. The molecule has 0 radical (unpaired) electrons. The Morgan fingerprint density at radius 1 is 0.521 bits per heavy atom. The number of nitrogens with zero attached hydrogens (tertiary/aromatic N) is 1. The molecule has 3 nitrogen and oxygen atoms in total. The molecule has 2 aromatic heterocycles. The maximum absolute atomic E-state index is 6.56. The first-order valence-electron chi connectivity index (χ1n) is 16.2. The van der Waals surface area contributed by atoms with Crippen molar-refractivity contribution in [2.75, 3.05) is 0 Å². The number of benzene rings is 7. The van der Waals surface area contributed by atoms with Gasteiger partial charge < -0.3 is 9.73 Å². The van der Waals surface area contributed by atoms with Gasteiger partial charge in [0.2, 0.25) is 0 Å². The largest absolute Gasteiger partial charge is 0.456 e. The van der Waals surface area contributed by atoms with Crippen molar-refractivity contribution in [3.05, 3.63) is 179 Å². The van der Waals surface area contributed by atoms with Gasteiger partial charge in [-0.15, -0.1) is 11.3 Å². The number of nitrogens with one attached hydrogen (secondary N) is 1. The average molecular weight is 633 g/mol. The van der Waals surface area contributed by atoms with Gasteiger partial charge in [0.05, 0.1) is 15.6 Å². The van der Waals surface area contributed by atoms with Crippen LogP contribution in [-0.4, -0.2) is 0 Å². The molecule has 0 amide bonds. The molecular weight excluding hydrogens is 605 g/mol. The molecule has 1 aliphatic heterocycles. The second kappa shape index (κ2) is 10.8. The molecule has 0 bridgehead atoms. The molecule has 3 heterocycles. The van der Waals surface area contributed by atoms with E-state index in [2.05, 4.69) is 157 Å². The van der Waals surface area contributed by atoms with Crippen molar-refractivity contribution in [2.24, 2.45) is 4.99 Å². The van der Waals surface area contributed by atoms with Gasteiger partial charge >= 0.3 is 0 Å². The van der Waals surface area contributed by atoms with Gasteiger partial charge in [-0.3, -0.25) is 4.99 Å². The molecule has 0 saturated heterocycles. The van der Waals surface area contributed by atoms with Crippen LogP contribution in [0.2, 0.25) is 0 Å². The Morgan fingerprint density at radius 3 is 2.17 bits per heavy atom. The van der Waals surface area contributed by atoms with Gasteiger partial charge in [-0.2, -0.15) is 0 Å². The Morgan fingerprint density at radius 2 is 1.25 bits per heavy atom. The molecular formula is C44H28N2OS. The minimum atomic E-state index is -0.338. The highest BCUT2D eigenvalue weighted by Crippen LogP contribution is 2.39. The van der Waals surface area contributed by atoms with Gasteiger partial charge in [0.15, 0.2) is 0 Å². The monoisotopic (exact) mass is 632 g/mol. The summed E-state index contributed by atoms with van der Waals surface area (Å²) in [6.07, 6.45) is -0.338. The molecule has 1 unspecified atom stereocenters. The lowest BCUT2D eigenvalue weighted by molar-refractivity contribution is 0.641. The van der Waals surface area contributed by atoms with Gasteiger partial charge in [-0.25, -0.2) is 0 Å². The van der Waals surface area contributed by atoms with Crippen molar-refractivity contribution >= 4 is 59.8 Å². The SMILES string of the molecule is c1ccc(-c2cccc(C3=c4sc5ccccc5c4=NC(c4cc(-c5ccc6ccccc6c5)cc5oc6ccccc6c45)N3)c2)cc1. The van der Waals surface area contributed by atoms with Crippen molar-refractivity contribution in [1.29, 1.82) is 0 Å². The van der Waals surface area contributed by atoms with E-state index in [0.717, 1.165) is 59.8 Å². The van der Waals surface area contributed by atoms with Crippen LogP contribution in [0.5, 0.6) is 0 Å². The van der Waals surface area contributed by atoms with Gasteiger partial charge in [0.25, 0.3) is 0 Å². The summed E-state index contributed by atoms with van der Waals surface area (Å²) in [6, 6.07) is 56.1. The summed E-state index contributed by atoms with van der Waals surface area (Å²) in [5, 5.41) is 10.8. The van der Waals surface area contributed by atoms with E-state index in [1.807, 2.05) is 6.07 Å². The first-order chi connectivity index (χ1) is 23.8. The zero-order chi connectivity index (χ0) is 31.6. The van der Waals surface area contributed by atoms with E-state index in [4.69, 9.17) is 9.41 Å². The molecule has 0 fully saturated rings. The number of fused-ring (bicyclic) bond motifs is 7. The number of thiophene rings is 1. The fourth-order valence-electron chi connectivity index (χ4n) is 7.18. The van der Waals surface area contributed by atoms with E-state index in [9.17, 15) is 0 Å². The molecule has 0 aliphatic carbocycles. The van der Waals surface area contributed by atoms with Crippen LogP contribution in [0, 0.1) is 0 Å². The Hall–Kier alpha value is -5.97. The molecule has 226 valence electrons. The smallest absolute Gasteiger partial charge is 0.146 e. The Labute approximate surface area is 280 Å². The zero-order valence-corrected chi connectivity index (χ0v) is 26.7. The number of para-hydroxylation sites is 1. The van der Waals surface area contributed by atoms with Crippen molar-refractivity contribution in [2.45, 2.75) is 6.17 Å². The molecule has 10 rings (SSSR count). The van der Waals surface area contributed by atoms with Crippen LogP contribution in [0.25, 0.3) is 70.7 Å². The molecule has 1 aliphatic rings. The molecule has 9 aromatic rings. The zero-order valence-electron chi connectivity index (χ0n) is 25.9. The molecule has 1 atom stereocenters. The highest BCUT2D eigenvalue weighted by atomic mass is 32.1. The van der Waals surface area contributed by atoms with Crippen LogP contribution in [0.4, 0.5) is 0 Å². The van der Waals surface area contributed by atoms with Gasteiger partial charge in [-0.05, 0) is 75.0 Å². The second-order valence-corrected chi connectivity index (χ2v) is 13.4. The first-order valence-corrected chi connectivity index (χ1v) is 17.0. The van der Waals surface area contributed by atoms with Crippen LogP contribution in [-0.2, 0) is 0 Å². The van der Waals surface area contributed by atoms with Crippen molar-refractivity contribution < 1.29 is 4.42 Å². The van der Waals surface area contributed by atoms with E-state index >= 15 is 0 Å². The minimum absolute atomic E-state index is 0.338. The minimum Gasteiger partial charge on any atom is -0.456 e. The van der Waals surface area contributed by atoms with Crippen LogP contribution < -0.4 is 15.2 Å². The number of hydrogen-bond donors (Lipinski definition) is 1. The summed E-state index contributed by atoms with van der Waals surface area (Å²) in [7, 11) is 0. The standard InChI is InChI=1S/C44H28N2OS/c1-2-11-27(12-3-1)30-15-10-16-32(24-30)41-43-42(35-18-7-9-20-39(35)48-43)46-44(45-41)36-25-33(31-22-21-28-13-4-5-14-29(28)23-31)26-38-40(36)34-17-6-8-19-37(34)47-38/h1-26,44-45H. The third-order valence-corrected chi connectivity index (χ3v) is 10.7. The summed E-state index contributed by atoms with van der Waals surface area (Å²) in [5.74, 6) is 0. The summed E-state index contributed by atoms with van der Waals surface area (Å²) in [5.41, 5.74) is 9.71. The van der Waals surface area contributed by atoms with E-state index < -0.39 is 0 Å². The second-order valence-electron chi connectivity index (χ2n) is 12.4. The number of furan rings is 1. The van der Waals surface area contributed by atoms with Crippen LogP contribution in [0.15, 0.2) is 167 Å². The van der Waals surface area contributed by atoms with Gasteiger partial charge in [-0.1, -0.05) is 121 Å². The number of rotatable bonds is 4. The van der Waals surface area contributed by atoms with E-state index in [1.165, 1.54) is 32.0 Å². The molecule has 0 spiro atoms.